The van der Waals surface area contributed by atoms with E-state index in [1.54, 1.807) is 12.1 Å². The van der Waals surface area contributed by atoms with Gasteiger partial charge in [0.25, 0.3) is 0 Å². The number of halogens is 1. The average molecular weight is 436 g/mol. The maximum atomic E-state index is 13.3. The van der Waals surface area contributed by atoms with Crippen molar-refractivity contribution in [1.29, 1.82) is 0 Å². The van der Waals surface area contributed by atoms with Crippen LogP contribution in [0.1, 0.15) is 56.9 Å². The highest BCUT2D eigenvalue weighted by molar-refractivity contribution is 7.92. The average Bonchev–Trinajstić information content (AvgIpc) is 2.71. The van der Waals surface area contributed by atoms with E-state index in [9.17, 15) is 17.6 Å². The normalized spacial score (nSPS) is 26.6. The quantitative estimate of drug-likeness (QED) is 0.411. The molecule has 3 fully saturated rings. The Balaban J connectivity index is 1.62. The van der Waals surface area contributed by atoms with Crippen LogP contribution in [0, 0.1) is 23.6 Å². The van der Waals surface area contributed by atoms with Crippen LogP contribution in [0.3, 0.4) is 0 Å². The number of sulfonamides is 1. The molecule has 1 aromatic carbocycles. The van der Waals surface area contributed by atoms with Crippen molar-refractivity contribution in [1.82, 2.24) is 4.72 Å². The topological polar surface area (TPSA) is 83.5 Å². The summed E-state index contributed by atoms with van der Waals surface area (Å²) in [6.07, 6.45) is 12.2. The van der Waals surface area contributed by atoms with Crippen molar-refractivity contribution in [3.05, 3.63) is 53.2 Å². The summed E-state index contributed by atoms with van der Waals surface area (Å²) < 4.78 is 41.6. The molecular weight excluding hydrogens is 405 g/mol. The Hall–Kier alpha value is -1.99. The molecule has 4 rings (SSSR count). The van der Waals surface area contributed by atoms with Gasteiger partial charge in [-0.25, -0.2) is 17.5 Å². The van der Waals surface area contributed by atoms with Gasteiger partial charge in [0.15, 0.2) is 0 Å². The highest BCUT2D eigenvalue weighted by Crippen LogP contribution is 2.46. The number of aliphatic carboxylic acids is 1. The fraction of sp³-hybridized carbons (Fsp3) is 0.522. The van der Waals surface area contributed by atoms with Gasteiger partial charge in [-0.2, -0.15) is 0 Å². The first kappa shape index (κ1) is 22.7. The standard InChI is InChI=1S/C23H30FNO4S/c24-20-7-5-6-17(16-20)14-15-30(28,29)25-23-19-12-10-18(11-13-19)21(23)8-3-1-2-4-9-22(26)27/h1,3,5-7,14-16,18-19,21,23,25H,2,4,8-13H2,(H,26,27). The molecule has 3 saturated carbocycles. The van der Waals surface area contributed by atoms with Gasteiger partial charge in [-0.15, -0.1) is 0 Å². The number of fused-ring (bicyclic) bond motifs is 3. The molecule has 5 nitrogen and oxygen atoms in total. The van der Waals surface area contributed by atoms with Gasteiger partial charge in [0.1, 0.15) is 5.82 Å². The third kappa shape index (κ3) is 6.51. The van der Waals surface area contributed by atoms with Gasteiger partial charge in [-0.1, -0.05) is 24.3 Å². The summed E-state index contributed by atoms with van der Waals surface area (Å²) in [5.74, 6) is -0.0713. The van der Waals surface area contributed by atoms with Crippen LogP contribution in [0.4, 0.5) is 4.39 Å². The van der Waals surface area contributed by atoms with Crippen LogP contribution in [-0.4, -0.2) is 25.5 Å². The summed E-state index contributed by atoms with van der Waals surface area (Å²) in [4.78, 5) is 10.6. The number of carboxylic acid groups (broad SMARTS) is 1. The number of carboxylic acids is 1. The van der Waals surface area contributed by atoms with E-state index in [1.165, 1.54) is 18.2 Å². The number of carbonyl (C=O) groups is 1. The lowest BCUT2D eigenvalue weighted by molar-refractivity contribution is -0.137. The second-order valence-corrected chi connectivity index (χ2v) is 9.98. The lowest BCUT2D eigenvalue weighted by Gasteiger charge is -2.48. The molecule has 0 spiro atoms. The van der Waals surface area contributed by atoms with Crippen LogP contribution in [0.25, 0.3) is 6.08 Å². The van der Waals surface area contributed by atoms with Crippen molar-refractivity contribution >= 4 is 22.1 Å². The van der Waals surface area contributed by atoms with Crippen molar-refractivity contribution < 1.29 is 22.7 Å². The predicted molar refractivity (Wildman–Crippen MR) is 115 cm³/mol. The van der Waals surface area contributed by atoms with Crippen LogP contribution in [0.2, 0.25) is 0 Å². The van der Waals surface area contributed by atoms with Gasteiger partial charge in [0.2, 0.25) is 10.0 Å². The largest absolute Gasteiger partial charge is 0.481 e. The van der Waals surface area contributed by atoms with E-state index in [4.69, 9.17) is 5.11 Å². The van der Waals surface area contributed by atoms with E-state index in [1.807, 2.05) is 6.08 Å². The van der Waals surface area contributed by atoms with Crippen LogP contribution in [0.5, 0.6) is 0 Å². The predicted octanol–water partition coefficient (Wildman–Crippen LogP) is 4.72. The molecule has 3 aliphatic carbocycles. The molecule has 2 unspecified atom stereocenters. The summed E-state index contributed by atoms with van der Waals surface area (Å²) >= 11 is 0. The van der Waals surface area contributed by atoms with Gasteiger partial charge in [-0.05, 0) is 86.5 Å². The first-order chi connectivity index (χ1) is 14.3. The zero-order valence-corrected chi connectivity index (χ0v) is 17.9. The van der Waals surface area contributed by atoms with Crippen molar-refractivity contribution in [3.8, 4) is 0 Å². The van der Waals surface area contributed by atoms with E-state index >= 15 is 0 Å². The fourth-order valence-electron chi connectivity index (χ4n) is 4.85. The van der Waals surface area contributed by atoms with E-state index < -0.39 is 21.8 Å². The van der Waals surface area contributed by atoms with Crippen molar-refractivity contribution in [3.63, 3.8) is 0 Å². The lowest BCUT2D eigenvalue weighted by Crippen LogP contribution is -2.52. The van der Waals surface area contributed by atoms with Crippen molar-refractivity contribution in [2.45, 2.75) is 57.4 Å². The van der Waals surface area contributed by atoms with Gasteiger partial charge in [0.05, 0.1) is 0 Å². The summed E-state index contributed by atoms with van der Waals surface area (Å²) in [5, 5.41) is 9.83. The summed E-state index contributed by atoms with van der Waals surface area (Å²) in [6, 6.07) is 5.74. The van der Waals surface area contributed by atoms with Crippen LogP contribution >= 0.6 is 0 Å². The highest BCUT2D eigenvalue weighted by Gasteiger charge is 2.44. The molecular formula is C23H30FNO4S. The smallest absolute Gasteiger partial charge is 0.303 e. The Labute approximate surface area is 178 Å². The molecule has 2 N–H and O–H groups in total. The first-order valence-electron chi connectivity index (χ1n) is 10.7. The molecule has 2 bridgehead atoms. The van der Waals surface area contributed by atoms with E-state index in [0.29, 0.717) is 23.8 Å². The van der Waals surface area contributed by atoms with Crippen molar-refractivity contribution in [2.24, 2.45) is 17.8 Å². The second-order valence-electron chi connectivity index (χ2n) is 8.38. The molecule has 0 heterocycles. The molecule has 7 heteroatoms. The highest BCUT2D eigenvalue weighted by atomic mass is 32.2. The molecule has 0 radical (unpaired) electrons. The number of hydrogen-bond acceptors (Lipinski definition) is 3. The van der Waals surface area contributed by atoms with Gasteiger partial charge < -0.3 is 5.11 Å². The number of allylic oxidation sites excluding steroid dienone is 2. The fourth-order valence-corrected chi connectivity index (χ4v) is 6.01. The molecule has 0 aromatic heterocycles. The van der Waals surface area contributed by atoms with Gasteiger partial charge in [-0.3, -0.25) is 4.79 Å². The Bertz CT molecular complexity index is 888. The SMILES string of the molecule is O=C(O)CCCC=CCC1C2CCC(CC2)C1NS(=O)(=O)C=Cc1cccc(F)c1. The number of hydrogen-bond donors (Lipinski definition) is 2. The Kier molecular flexibility index (Phi) is 7.83. The first-order valence-corrected chi connectivity index (χ1v) is 12.2. The van der Waals surface area contributed by atoms with E-state index in [0.717, 1.165) is 43.9 Å². The number of benzene rings is 1. The lowest BCUT2D eigenvalue weighted by atomic mass is 9.61. The Morgan fingerprint density at radius 1 is 1.17 bits per heavy atom. The monoisotopic (exact) mass is 435 g/mol. The third-order valence-electron chi connectivity index (χ3n) is 6.32. The van der Waals surface area contributed by atoms with E-state index in [2.05, 4.69) is 10.8 Å². The molecule has 0 amide bonds. The molecule has 164 valence electrons. The number of nitrogens with one attached hydrogen (secondary N) is 1. The minimum Gasteiger partial charge on any atom is -0.481 e. The summed E-state index contributed by atoms with van der Waals surface area (Å²) in [5.41, 5.74) is 0.506. The number of unbranched alkanes of at least 4 members (excludes halogenated alkanes) is 1. The Morgan fingerprint density at radius 2 is 1.90 bits per heavy atom. The summed E-state index contributed by atoms with van der Waals surface area (Å²) in [7, 11) is -3.64. The molecule has 1 aromatic rings. The van der Waals surface area contributed by atoms with Gasteiger partial charge in [0, 0.05) is 17.9 Å². The zero-order valence-electron chi connectivity index (χ0n) is 17.0. The van der Waals surface area contributed by atoms with E-state index in [-0.39, 0.29) is 18.4 Å². The molecule has 30 heavy (non-hydrogen) atoms. The minimum atomic E-state index is -3.64. The second kappa shape index (κ2) is 10.4. The zero-order chi connectivity index (χ0) is 21.6. The molecule has 2 atom stereocenters. The summed E-state index contributed by atoms with van der Waals surface area (Å²) in [6.45, 7) is 0. The van der Waals surface area contributed by atoms with Crippen LogP contribution in [-0.2, 0) is 14.8 Å². The third-order valence-corrected chi connectivity index (χ3v) is 7.41. The maximum absolute atomic E-state index is 13.3. The molecule has 0 saturated heterocycles. The maximum Gasteiger partial charge on any atom is 0.303 e. The van der Waals surface area contributed by atoms with Crippen LogP contribution in [0.15, 0.2) is 41.8 Å². The number of rotatable bonds is 10. The molecule has 0 aliphatic heterocycles. The molecule has 3 aliphatic rings. The Morgan fingerprint density at radius 3 is 2.60 bits per heavy atom. The van der Waals surface area contributed by atoms with Gasteiger partial charge >= 0.3 is 5.97 Å². The minimum absolute atomic E-state index is 0.0941. The van der Waals surface area contributed by atoms with Crippen LogP contribution < -0.4 is 4.72 Å². The van der Waals surface area contributed by atoms with Crippen molar-refractivity contribution in [2.75, 3.05) is 0 Å².